The predicted molar refractivity (Wildman–Crippen MR) is 132 cm³/mol. The van der Waals surface area contributed by atoms with Crippen molar-refractivity contribution in [2.45, 2.75) is 84.3 Å². The lowest BCUT2D eigenvalue weighted by molar-refractivity contribution is -0.161. The number of fused-ring (bicyclic) bond motifs is 5. The van der Waals surface area contributed by atoms with Crippen LogP contribution in [0.1, 0.15) is 78.2 Å². The zero-order valence-electron chi connectivity index (χ0n) is 21.5. The van der Waals surface area contributed by atoms with Crippen LogP contribution in [0, 0.1) is 40.3 Å². The van der Waals surface area contributed by atoms with Crippen LogP contribution in [0.2, 0.25) is 0 Å². The summed E-state index contributed by atoms with van der Waals surface area (Å²) in [5.41, 5.74) is 1.45. The number of hydrogen-bond donors (Lipinski definition) is 0. The second-order valence-corrected chi connectivity index (χ2v) is 12.3. The molecule has 1 aromatic carbocycles. The molecule has 0 unspecified atom stereocenters. The van der Waals surface area contributed by atoms with Crippen LogP contribution in [-0.2, 0) is 14.3 Å². The van der Waals surface area contributed by atoms with Gasteiger partial charge in [0.05, 0.1) is 12.2 Å². The molecule has 192 valence electrons. The molecule has 0 spiro atoms. The van der Waals surface area contributed by atoms with Crippen molar-refractivity contribution >= 4 is 11.8 Å². The molecule has 8 atom stereocenters. The number of rotatable bonds is 3. The SMILES string of the molecule is CC(=O)O[C@H]1CC[C@@]2(C)[C@@H](CC[C@H]3[C@@H]4[C@H](n5cc(-c6ccc(F)cc6)nn5)CC(=O)[C@@]4(C)CC[C@@H]32)C1. The molecule has 4 fully saturated rings. The molecular weight excluding hydrogens is 457 g/mol. The molecule has 0 bridgehead atoms. The normalized spacial score (nSPS) is 39.7. The molecule has 4 aliphatic carbocycles. The molecule has 0 saturated heterocycles. The average Bonchev–Trinajstić information content (AvgIpc) is 3.42. The summed E-state index contributed by atoms with van der Waals surface area (Å²) in [6, 6.07) is 6.32. The maximum absolute atomic E-state index is 13.5. The molecule has 6 rings (SSSR count). The number of halogens is 1. The van der Waals surface area contributed by atoms with Crippen molar-refractivity contribution in [2.75, 3.05) is 0 Å². The van der Waals surface area contributed by atoms with E-state index in [0.29, 0.717) is 35.7 Å². The highest BCUT2D eigenvalue weighted by Crippen LogP contribution is 2.67. The second-order valence-electron chi connectivity index (χ2n) is 12.3. The van der Waals surface area contributed by atoms with Crippen molar-refractivity contribution in [3.05, 3.63) is 36.3 Å². The molecule has 0 N–H and O–H groups in total. The van der Waals surface area contributed by atoms with E-state index in [0.717, 1.165) is 50.5 Å². The number of nitrogens with zero attached hydrogens (tertiary/aromatic N) is 3. The summed E-state index contributed by atoms with van der Waals surface area (Å²) in [5, 5.41) is 8.90. The molecule has 0 radical (unpaired) electrons. The zero-order chi connectivity index (χ0) is 25.2. The third-order valence-corrected chi connectivity index (χ3v) is 10.6. The Bertz CT molecular complexity index is 1180. The van der Waals surface area contributed by atoms with Gasteiger partial charge in [-0.1, -0.05) is 19.1 Å². The Balaban J connectivity index is 1.29. The van der Waals surface area contributed by atoms with Gasteiger partial charge < -0.3 is 4.74 Å². The number of carbonyl (C=O) groups excluding carboxylic acids is 2. The van der Waals surface area contributed by atoms with E-state index in [1.165, 1.54) is 19.1 Å². The lowest BCUT2D eigenvalue weighted by Gasteiger charge is -2.60. The third kappa shape index (κ3) is 3.64. The van der Waals surface area contributed by atoms with Crippen molar-refractivity contribution in [3.8, 4) is 11.3 Å². The fourth-order valence-corrected chi connectivity index (χ4v) is 8.85. The predicted octanol–water partition coefficient (Wildman–Crippen LogP) is 5.78. The standard InChI is InChI=1S/C29H36FN3O3/c1-17(34)36-21-10-12-28(2)19(14-21)6-9-22-23(28)11-13-29(3)26(35)15-25(27(22)29)33-16-24(31-32-33)18-4-7-20(30)8-5-18/h4-5,7-8,16,19,21-23,25,27H,6,9-15H2,1-3H3/t19-,21-,22+,23-,25+,27+,28-,29+/m0/s1. The quantitative estimate of drug-likeness (QED) is 0.507. The fraction of sp³-hybridized carbons (Fsp3) is 0.655. The monoisotopic (exact) mass is 493 g/mol. The van der Waals surface area contributed by atoms with E-state index in [4.69, 9.17) is 4.74 Å². The highest BCUT2D eigenvalue weighted by atomic mass is 19.1. The van der Waals surface area contributed by atoms with Gasteiger partial charge in [0.2, 0.25) is 0 Å². The van der Waals surface area contributed by atoms with Gasteiger partial charge in [-0.05, 0) is 98.3 Å². The first-order valence-electron chi connectivity index (χ1n) is 13.6. The van der Waals surface area contributed by atoms with Crippen molar-refractivity contribution in [3.63, 3.8) is 0 Å². The fourth-order valence-electron chi connectivity index (χ4n) is 8.85. The van der Waals surface area contributed by atoms with Crippen LogP contribution in [0.3, 0.4) is 0 Å². The molecule has 0 aliphatic heterocycles. The van der Waals surface area contributed by atoms with Crippen LogP contribution in [0.4, 0.5) is 4.39 Å². The minimum absolute atomic E-state index is 0.00883. The number of carbonyl (C=O) groups is 2. The van der Waals surface area contributed by atoms with E-state index in [1.54, 1.807) is 12.1 Å². The van der Waals surface area contributed by atoms with E-state index in [1.807, 2.05) is 10.9 Å². The lowest BCUT2D eigenvalue weighted by atomic mass is 9.45. The number of aromatic nitrogens is 3. The number of ether oxygens (including phenoxy) is 1. The van der Waals surface area contributed by atoms with Crippen molar-refractivity contribution in [2.24, 2.45) is 34.5 Å². The summed E-state index contributed by atoms with van der Waals surface area (Å²) in [7, 11) is 0. The summed E-state index contributed by atoms with van der Waals surface area (Å²) < 4.78 is 21.0. The topological polar surface area (TPSA) is 74.1 Å². The first-order chi connectivity index (χ1) is 17.2. The molecule has 2 aromatic rings. The summed E-state index contributed by atoms with van der Waals surface area (Å²) in [6.07, 6.45) is 9.75. The smallest absolute Gasteiger partial charge is 0.302 e. The Kier molecular flexibility index (Phi) is 5.61. The van der Waals surface area contributed by atoms with Crippen LogP contribution < -0.4 is 0 Å². The number of hydrogen-bond acceptors (Lipinski definition) is 5. The molecule has 0 amide bonds. The molecule has 1 aromatic heterocycles. The Hall–Kier alpha value is -2.57. The Labute approximate surface area is 212 Å². The number of Topliss-reactive ketones (excluding diaryl/α,β-unsaturated/α-hetero) is 1. The highest BCUT2D eigenvalue weighted by molar-refractivity contribution is 5.88. The average molecular weight is 494 g/mol. The van der Waals surface area contributed by atoms with Gasteiger partial charge in [-0.2, -0.15) is 0 Å². The van der Waals surface area contributed by atoms with E-state index in [9.17, 15) is 14.0 Å². The minimum atomic E-state index is -0.314. The van der Waals surface area contributed by atoms with E-state index < -0.39 is 0 Å². The largest absolute Gasteiger partial charge is 0.463 e. The second kappa shape index (κ2) is 8.49. The zero-order valence-corrected chi connectivity index (χ0v) is 21.5. The van der Waals surface area contributed by atoms with Gasteiger partial charge in [-0.15, -0.1) is 5.10 Å². The maximum atomic E-state index is 13.5. The van der Waals surface area contributed by atoms with Crippen LogP contribution in [-0.4, -0.2) is 32.9 Å². The van der Waals surface area contributed by atoms with E-state index >= 15 is 0 Å². The summed E-state index contributed by atoms with van der Waals surface area (Å²) in [4.78, 5) is 25.0. The molecule has 4 saturated carbocycles. The summed E-state index contributed by atoms with van der Waals surface area (Å²) >= 11 is 0. The lowest BCUT2D eigenvalue weighted by Crippen LogP contribution is -2.55. The Morgan fingerprint density at radius 2 is 1.89 bits per heavy atom. The number of benzene rings is 1. The molecule has 36 heavy (non-hydrogen) atoms. The summed E-state index contributed by atoms with van der Waals surface area (Å²) in [5.74, 6) is 1.77. The van der Waals surface area contributed by atoms with E-state index in [2.05, 4.69) is 24.2 Å². The number of esters is 1. The van der Waals surface area contributed by atoms with Crippen LogP contribution in [0.15, 0.2) is 30.5 Å². The van der Waals surface area contributed by atoms with Crippen molar-refractivity contribution < 1.29 is 18.7 Å². The Morgan fingerprint density at radius 1 is 1.11 bits per heavy atom. The Morgan fingerprint density at radius 3 is 2.64 bits per heavy atom. The molecule has 7 heteroatoms. The van der Waals surface area contributed by atoms with Crippen LogP contribution in [0.25, 0.3) is 11.3 Å². The van der Waals surface area contributed by atoms with Crippen LogP contribution >= 0.6 is 0 Å². The first kappa shape index (κ1) is 23.8. The molecule has 1 heterocycles. The third-order valence-electron chi connectivity index (χ3n) is 10.6. The molecule has 4 aliphatic rings. The van der Waals surface area contributed by atoms with Gasteiger partial charge in [-0.3, -0.25) is 9.59 Å². The van der Waals surface area contributed by atoms with Gasteiger partial charge in [0, 0.05) is 24.3 Å². The van der Waals surface area contributed by atoms with Crippen LogP contribution in [0.5, 0.6) is 0 Å². The molecular formula is C29H36FN3O3. The highest BCUT2D eigenvalue weighted by Gasteiger charge is 2.63. The van der Waals surface area contributed by atoms with Gasteiger partial charge >= 0.3 is 5.97 Å². The van der Waals surface area contributed by atoms with Gasteiger partial charge in [0.25, 0.3) is 0 Å². The number of ketones is 1. The maximum Gasteiger partial charge on any atom is 0.302 e. The van der Waals surface area contributed by atoms with Gasteiger partial charge in [0.1, 0.15) is 23.4 Å². The van der Waals surface area contributed by atoms with Crippen molar-refractivity contribution in [1.82, 2.24) is 15.0 Å². The summed E-state index contributed by atoms with van der Waals surface area (Å²) in [6.45, 7) is 6.17. The van der Waals surface area contributed by atoms with Gasteiger partial charge in [0.15, 0.2) is 0 Å². The first-order valence-corrected chi connectivity index (χ1v) is 13.6. The molecule has 6 nitrogen and oxygen atoms in total. The van der Waals surface area contributed by atoms with Crippen molar-refractivity contribution in [1.29, 1.82) is 0 Å². The van der Waals surface area contributed by atoms with E-state index in [-0.39, 0.29) is 40.7 Å². The van der Waals surface area contributed by atoms with Gasteiger partial charge in [-0.25, -0.2) is 9.07 Å². The minimum Gasteiger partial charge on any atom is -0.463 e.